The molecule has 1 saturated heterocycles. The number of nitrogens with one attached hydrogen (secondary N) is 1. The maximum absolute atomic E-state index is 13.0. The van der Waals surface area contributed by atoms with Gasteiger partial charge in [0, 0.05) is 19.3 Å². The minimum Gasteiger partial charge on any atom is -0.338 e. The average molecular weight is 343 g/mol. The van der Waals surface area contributed by atoms with E-state index in [0.29, 0.717) is 24.8 Å². The Kier molecular flexibility index (Phi) is 5.26. The molecule has 132 valence electrons. The summed E-state index contributed by atoms with van der Waals surface area (Å²) in [6, 6.07) is 6.56. The molecule has 1 N–H and O–H groups in total. The third-order valence-corrected chi connectivity index (χ3v) is 4.72. The normalized spacial score (nSPS) is 17.5. The van der Waals surface area contributed by atoms with Crippen molar-refractivity contribution in [2.24, 2.45) is 5.92 Å². The molecule has 25 heavy (non-hydrogen) atoms. The third kappa shape index (κ3) is 4.32. The summed E-state index contributed by atoms with van der Waals surface area (Å²) in [7, 11) is 0. The van der Waals surface area contributed by atoms with Gasteiger partial charge in [0.2, 0.25) is 0 Å². The Labute approximate surface area is 145 Å². The van der Waals surface area contributed by atoms with Gasteiger partial charge >= 0.3 is 0 Å². The number of hydrogen-bond donors (Lipinski definition) is 1. The van der Waals surface area contributed by atoms with Gasteiger partial charge in [-0.25, -0.2) is 9.37 Å². The first-order valence-corrected chi connectivity index (χ1v) is 8.62. The Balaban J connectivity index is 1.61. The molecule has 1 amide bonds. The highest BCUT2D eigenvalue weighted by molar-refractivity contribution is 5.93. The molecule has 1 aliphatic heterocycles. The highest BCUT2D eigenvalue weighted by Gasteiger charge is 2.26. The summed E-state index contributed by atoms with van der Waals surface area (Å²) in [5, 5.41) is 0. The number of piperidine rings is 1. The molecule has 0 radical (unpaired) electrons. The standard InChI is InChI=1S/C19H22FN3O2/c1-13-21-11-17(18(24)22-13)19(25)23-10-2-3-15(12-23)5-4-14-6-8-16(20)9-7-14/h6-9,11,15H,2-5,10,12H2,1H3,(H,21,22,24)/t15-/m1/s1. The Morgan fingerprint density at radius 2 is 2.12 bits per heavy atom. The molecule has 3 rings (SSSR count). The smallest absolute Gasteiger partial charge is 0.263 e. The molecule has 1 fully saturated rings. The maximum Gasteiger partial charge on any atom is 0.263 e. The number of benzene rings is 1. The number of amides is 1. The van der Waals surface area contributed by atoms with Crippen LogP contribution in [0.2, 0.25) is 0 Å². The molecular weight excluding hydrogens is 321 g/mol. The summed E-state index contributed by atoms with van der Waals surface area (Å²) in [5.41, 5.74) is 0.819. The van der Waals surface area contributed by atoms with E-state index in [2.05, 4.69) is 9.97 Å². The first-order valence-electron chi connectivity index (χ1n) is 8.62. The van der Waals surface area contributed by atoms with Crippen molar-refractivity contribution in [1.82, 2.24) is 14.9 Å². The number of H-pyrrole nitrogens is 1. The number of likely N-dealkylation sites (tertiary alicyclic amines) is 1. The first kappa shape index (κ1) is 17.3. The second-order valence-electron chi connectivity index (χ2n) is 6.64. The van der Waals surface area contributed by atoms with Crippen molar-refractivity contribution in [3.05, 3.63) is 63.6 Å². The van der Waals surface area contributed by atoms with Gasteiger partial charge in [0.25, 0.3) is 11.5 Å². The topological polar surface area (TPSA) is 66.1 Å². The van der Waals surface area contributed by atoms with Gasteiger partial charge < -0.3 is 9.88 Å². The van der Waals surface area contributed by atoms with Crippen molar-refractivity contribution < 1.29 is 9.18 Å². The van der Waals surface area contributed by atoms with E-state index in [1.807, 2.05) is 0 Å². The van der Waals surface area contributed by atoms with Gasteiger partial charge in [-0.15, -0.1) is 0 Å². The van der Waals surface area contributed by atoms with Crippen LogP contribution in [0.5, 0.6) is 0 Å². The van der Waals surface area contributed by atoms with Gasteiger partial charge in [0.05, 0.1) is 0 Å². The van der Waals surface area contributed by atoms with Gasteiger partial charge in [-0.2, -0.15) is 0 Å². The van der Waals surface area contributed by atoms with E-state index in [1.165, 1.54) is 18.3 Å². The number of aromatic amines is 1. The fourth-order valence-electron chi connectivity index (χ4n) is 3.31. The summed E-state index contributed by atoms with van der Waals surface area (Å²) in [5.74, 6) is 0.410. The van der Waals surface area contributed by atoms with Crippen LogP contribution in [-0.2, 0) is 6.42 Å². The van der Waals surface area contributed by atoms with Gasteiger partial charge in [0.15, 0.2) is 0 Å². The van der Waals surface area contributed by atoms with Crippen molar-refractivity contribution in [1.29, 1.82) is 0 Å². The monoisotopic (exact) mass is 343 g/mol. The van der Waals surface area contributed by atoms with Crippen LogP contribution in [0.4, 0.5) is 4.39 Å². The van der Waals surface area contributed by atoms with E-state index in [9.17, 15) is 14.0 Å². The van der Waals surface area contributed by atoms with Gasteiger partial charge in [-0.3, -0.25) is 9.59 Å². The molecule has 0 spiro atoms. The van der Waals surface area contributed by atoms with E-state index in [1.54, 1.807) is 24.0 Å². The number of carbonyl (C=O) groups excluding carboxylic acids is 1. The molecule has 0 saturated carbocycles. The van der Waals surface area contributed by atoms with Crippen molar-refractivity contribution >= 4 is 5.91 Å². The first-order chi connectivity index (χ1) is 12.0. The van der Waals surface area contributed by atoms with E-state index >= 15 is 0 Å². The minimum atomic E-state index is -0.383. The maximum atomic E-state index is 13.0. The lowest BCUT2D eigenvalue weighted by Gasteiger charge is -2.32. The molecule has 6 heteroatoms. The zero-order valence-electron chi connectivity index (χ0n) is 14.3. The largest absolute Gasteiger partial charge is 0.338 e. The molecule has 0 aliphatic carbocycles. The lowest BCUT2D eigenvalue weighted by Crippen LogP contribution is -2.42. The van der Waals surface area contributed by atoms with Crippen LogP contribution in [0.3, 0.4) is 0 Å². The Bertz CT molecular complexity index is 801. The predicted molar refractivity (Wildman–Crippen MR) is 92.9 cm³/mol. The van der Waals surface area contributed by atoms with Crippen LogP contribution in [0.15, 0.2) is 35.3 Å². The van der Waals surface area contributed by atoms with Crippen molar-refractivity contribution in [2.75, 3.05) is 13.1 Å². The van der Waals surface area contributed by atoms with Crippen molar-refractivity contribution in [3.63, 3.8) is 0 Å². The number of nitrogens with zero attached hydrogens (tertiary/aromatic N) is 2. The number of carbonyl (C=O) groups is 1. The van der Waals surface area contributed by atoms with E-state index in [4.69, 9.17) is 0 Å². The van der Waals surface area contributed by atoms with Crippen molar-refractivity contribution in [2.45, 2.75) is 32.6 Å². The van der Waals surface area contributed by atoms with Gasteiger partial charge in [-0.05, 0) is 56.2 Å². The summed E-state index contributed by atoms with van der Waals surface area (Å²) >= 11 is 0. The van der Waals surface area contributed by atoms with E-state index in [0.717, 1.165) is 31.2 Å². The summed E-state index contributed by atoms with van der Waals surface area (Å²) in [4.78, 5) is 32.9. The fourth-order valence-corrected chi connectivity index (χ4v) is 3.31. The SMILES string of the molecule is Cc1ncc(C(=O)N2CCC[C@H](CCc3ccc(F)cc3)C2)c(=O)[nH]1. The Morgan fingerprint density at radius 3 is 2.84 bits per heavy atom. The number of hydrogen-bond acceptors (Lipinski definition) is 3. The Hall–Kier alpha value is -2.50. The number of halogens is 1. The van der Waals surface area contributed by atoms with Crippen LogP contribution >= 0.6 is 0 Å². The number of rotatable bonds is 4. The molecule has 1 aromatic heterocycles. The summed E-state index contributed by atoms with van der Waals surface area (Å²) in [6.45, 7) is 2.99. The molecule has 1 atom stereocenters. The van der Waals surface area contributed by atoms with Crippen LogP contribution in [0.1, 0.15) is 41.0 Å². The highest BCUT2D eigenvalue weighted by atomic mass is 19.1. The second kappa shape index (κ2) is 7.59. The predicted octanol–water partition coefficient (Wildman–Crippen LogP) is 2.70. The van der Waals surface area contributed by atoms with Crippen LogP contribution < -0.4 is 5.56 Å². The van der Waals surface area contributed by atoms with Gasteiger partial charge in [-0.1, -0.05) is 12.1 Å². The molecule has 2 aromatic rings. The fraction of sp³-hybridized carbons (Fsp3) is 0.421. The zero-order valence-corrected chi connectivity index (χ0v) is 14.3. The number of aromatic nitrogens is 2. The van der Waals surface area contributed by atoms with E-state index < -0.39 is 0 Å². The molecule has 1 aromatic carbocycles. The van der Waals surface area contributed by atoms with Gasteiger partial charge in [0.1, 0.15) is 17.2 Å². The summed E-state index contributed by atoms with van der Waals surface area (Å²) < 4.78 is 13.0. The third-order valence-electron chi connectivity index (χ3n) is 4.72. The lowest BCUT2D eigenvalue weighted by molar-refractivity contribution is 0.0666. The minimum absolute atomic E-state index is 0.102. The molecule has 5 nitrogen and oxygen atoms in total. The van der Waals surface area contributed by atoms with Crippen molar-refractivity contribution in [3.8, 4) is 0 Å². The molecular formula is C19H22FN3O2. The van der Waals surface area contributed by atoms with Crippen LogP contribution in [0, 0.1) is 18.7 Å². The Morgan fingerprint density at radius 1 is 1.36 bits per heavy atom. The molecule has 0 bridgehead atoms. The lowest BCUT2D eigenvalue weighted by atomic mass is 9.91. The molecule has 2 heterocycles. The number of aryl methyl sites for hydroxylation is 2. The second-order valence-corrected chi connectivity index (χ2v) is 6.64. The zero-order chi connectivity index (χ0) is 17.8. The molecule has 0 unspecified atom stereocenters. The van der Waals surface area contributed by atoms with Crippen LogP contribution in [0.25, 0.3) is 0 Å². The van der Waals surface area contributed by atoms with E-state index in [-0.39, 0.29) is 22.8 Å². The summed E-state index contributed by atoms with van der Waals surface area (Å²) in [6.07, 6.45) is 5.15. The average Bonchev–Trinajstić information content (AvgIpc) is 2.61. The quantitative estimate of drug-likeness (QED) is 0.928. The highest BCUT2D eigenvalue weighted by Crippen LogP contribution is 2.22. The molecule has 1 aliphatic rings. The van der Waals surface area contributed by atoms with Crippen LogP contribution in [-0.4, -0.2) is 33.9 Å².